The van der Waals surface area contributed by atoms with Gasteiger partial charge in [-0.25, -0.2) is 4.98 Å². The van der Waals surface area contributed by atoms with E-state index in [1.807, 2.05) is 30.3 Å². The number of nitrogens with two attached hydrogens (primary N) is 2. The minimum atomic E-state index is -0.534. The lowest BCUT2D eigenvalue weighted by Gasteiger charge is -2.26. The highest BCUT2D eigenvalue weighted by molar-refractivity contribution is 5.50. The number of nitrogen functional groups attached to an aromatic ring is 2. The zero-order chi connectivity index (χ0) is 50.6. The third kappa shape index (κ3) is 21.3. The lowest BCUT2D eigenvalue weighted by atomic mass is 9.95. The predicted molar refractivity (Wildman–Crippen MR) is 263 cm³/mol. The van der Waals surface area contributed by atoms with Gasteiger partial charge >= 0.3 is 0 Å². The van der Waals surface area contributed by atoms with Crippen LogP contribution < -0.4 is 11.5 Å². The van der Waals surface area contributed by atoms with Gasteiger partial charge in [0, 0.05) is 76.4 Å². The van der Waals surface area contributed by atoms with Gasteiger partial charge < -0.3 is 35.5 Å². The molecule has 0 spiro atoms. The average Bonchev–Trinajstić information content (AvgIpc) is 3.40. The highest BCUT2D eigenvalue weighted by Crippen LogP contribution is 2.20. The van der Waals surface area contributed by atoms with Crippen molar-refractivity contribution in [2.45, 2.75) is 51.8 Å². The Balaban J connectivity index is 0.000000166. The number of ether oxygens (including phenoxy) is 4. The number of nitrogens with zero attached hydrogens (tertiary/aromatic N) is 10. The highest BCUT2D eigenvalue weighted by atomic mass is 16.6. The van der Waals surface area contributed by atoms with Crippen molar-refractivity contribution in [2.75, 3.05) is 90.5 Å². The molecule has 4 aliphatic heterocycles. The fourth-order valence-electron chi connectivity index (χ4n) is 7.12. The van der Waals surface area contributed by atoms with Crippen LogP contribution in [0.1, 0.15) is 54.2 Å². The van der Waals surface area contributed by atoms with Gasteiger partial charge in [0.1, 0.15) is 18.6 Å². The van der Waals surface area contributed by atoms with Crippen molar-refractivity contribution in [1.29, 1.82) is 0 Å². The number of anilines is 2. The maximum atomic E-state index is 10.4. The normalized spacial score (nSPS) is 16.2. The number of nitro groups is 3. The molecular formula is C48H62N12O11. The van der Waals surface area contributed by atoms with Gasteiger partial charge in [-0.2, -0.15) is 0 Å². The molecule has 380 valence electrons. The van der Waals surface area contributed by atoms with E-state index in [0.717, 1.165) is 170 Å². The van der Waals surface area contributed by atoms with Crippen molar-refractivity contribution >= 4 is 34.5 Å². The average molecular weight is 983 g/mol. The van der Waals surface area contributed by atoms with Crippen LogP contribution in [0.15, 0.2) is 97.2 Å². The van der Waals surface area contributed by atoms with Gasteiger partial charge in [-0.3, -0.25) is 60.1 Å². The van der Waals surface area contributed by atoms with Gasteiger partial charge in [-0.15, -0.1) is 0 Å². The number of hydrogen-bond donors (Lipinski definition) is 3. The molecule has 23 heteroatoms. The molecule has 0 aromatic carbocycles. The van der Waals surface area contributed by atoms with E-state index in [1.54, 1.807) is 24.5 Å². The molecule has 23 nitrogen and oxygen atoms in total. The third-order valence-corrected chi connectivity index (χ3v) is 11.2. The van der Waals surface area contributed by atoms with Crippen molar-refractivity contribution in [3.05, 3.63) is 156 Å². The number of aliphatic hydroxyl groups excluding tert-OH is 1. The summed E-state index contributed by atoms with van der Waals surface area (Å²) in [5.41, 5.74) is 18.1. The number of pyridine rings is 5. The number of aromatic nitrogens is 5. The Labute approximate surface area is 411 Å². The van der Waals surface area contributed by atoms with E-state index in [1.165, 1.54) is 42.2 Å². The Kier molecular flexibility index (Phi) is 23.7. The van der Waals surface area contributed by atoms with E-state index < -0.39 is 14.8 Å². The Morgan fingerprint density at radius 1 is 0.535 bits per heavy atom. The first kappa shape index (κ1) is 54.9. The molecule has 9 heterocycles. The summed E-state index contributed by atoms with van der Waals surface area (Å²) in [6.45, 7) is 11.6. The fraction of sp³-hybridized carbons (Fsp3) is 0.438. The standard InChI is InChI=1S/C11H12N2O3.C11H16N2O.C10H13N3O3.C10H15N3O.C6H6N2O3/c14-13(15)11-2-1-10(12-8-11)7-9-3-5-16-6-4-9;12-10-1-2-11(13-8-10)7-9-3-5-14-6-4-9;14-13(15)10-2-1-9(11-7-10)8-12-3-5-16-6-4-12;11-9-1-2-10(12-7-9)8-13-3-5-14-6-4-13;9-4-5-1-2-6(3-7-5)8(10)11/h1-2,7-8H,3-6H2;1-2,8-9H,3-7,12H2;1-2,7H,3-6,8H2;1-2,7H,3-6,8,11H2;1-3,9H,4H2. The molecule has 0 bridgehead atoms. The highest BCUT2D eigenvalue weighted by Gasteiger charge is 2.16. The summed E-state index contributed by atoms with van der Waals surface area (Å²) in [5, 5.41) is 39.5. The molecule has 0 aliphatic carbocycles. The monoisotopic (exact) mass is 982 g/mol. The van der Waals surface area contributed by atoms with Crippen molar-refractivity contribution in [3.63, 3.8) is 0 Å². The summed E-state index contributed by atoms with van der Waals surface area (Å²) in [6, 6.07) is 16.9. The van der Waals surface area contributed by atoms with Gasteiger partial charge in [-0.05, 0) is 86.6 Å². The zero-order valence-electron chi connectivity index (χ0n) is 39.6. The molecule has 0 unspecified atom stereocenters. The van der Waals surface area contributed by atoms with Crippen molar-refractivity contribution in [3.8, 4) is 0 Å². The van der Waals surface area contributed by atoms with E-state index in [0.29, 0.717) is 5.69 Å². The molecule has 4 saturated heterocycles. The van der Waals surface area contributed by atoms with Crippen LogP contribution in [-0.4, -0.2) is 134 Å². The number of hydrogen-bond acceptors (Lipinski definition) is 20. The SMILES string of the molecule is Nc1ccc(CC2CCOCC2)nc1.Nc1ccc(CN2CCOCC2)nc1.O=[N+]([O-])c1ccc(C=C2CCOCC2)nc1.O=[N+]([O-])c1ccc(CN2CCOCC2)nc1.O=[N+]([O-])c1ccc(CO)nc1. The topological polar surface area (TPSA) is 310 Å². The van der Waals surface area contributed by atoms with E-state index >= 15 is 0 Å². The summed E-state index contributed by atoms with van der Waals surface area (Å²) in [6.07, 6.45) is 14.3. The Morgan fingerprint density at radius 2 is 0.944 bits per heavy atom. The second kappa shape index (κ2) is 30.6. The molecule has 5 aromatic rings. The summed E-state index contributed by atoms with van der Waals surface area (Å²) >= 11 is 0. The van der Waals surface area contributed by atoms with Crippen LogP contribution in [0.3, 0.4) is 0 Å². The van der Waals surface area contributed by atoms with E-state index in [4.69, 9.17) is 35.5 Å². The second-order valence-corrected chi connectivity index (χ2v) is 16.5. The lowest BCUT2D eigenvalue weighted by Crippen LogP contribution is -2.35. The zero-order valence-corrected chi connectivity index (χ0v) is 39.6. The first-order valence-corrected chi connectivity index (χ1v) is 23.2. The molecule has 4 aliphatic rings. The Hall–Kier alpha value is -6.99. The van der Waals surface area contributed by atoms with E-state index in [9.17, 15) is 30.3 Å². The van der Waals surface area contributed by atoms with Crippen LogP contribution in [-0.2, 0) is 45.1 Å². The molecular weight excluding hydrogens is 921 g/mol. The van der Waals surface area contributed by atoms with E-state index in [2.05, 4.69) is 34.7 Å². The lowest BCUT2D eigenvalue weighted by molar-refractivity contribution is -0.385. The second-order valence-electron chi connectivity index (χ2n) is 16.5. The summed E-state index contributed by atoms with van der Waals surface area (Å²) < 4.78 is 21.1. The van der Waals surface area contributed by atoms with Gasteiger partial charge in [-0.1, -0.05) is 5.57 Å². The molecule has 0 saturated carbocycles. The molecule has 9 rings (SSSR count). The first-order valence-electron chi connectivity index (χ1n) is 23.2. The van der Waals surface area contributed by atoms with Crippen LogP contribution >= 0.6 is 0 Å². The molecule has 4 fully saturated rings. The van der Waals surface area contributed by atoms with Gasteiger partial charge in [0.2, 0.25) is 0 Å². The Bertz CT molecular complexity index is 2290. The number of morpholine rings is 2. The van der Waals surface area contributed by atoms with Crippen molar-refractivity contribution in [2.24, 2.45) is 5.92 Å². The fourth-order valence-corrected chi connectivity index (χ4v) is 7.12. The maximum absolute atomic E-state index is 10.4. The molecule has 0 radical (unpaired) electrons. The van der Waals surface area contributed by atoms with Crippen molar-refractivity contribution in [1.82, 2.24) is 34.7 Å². The third-order valence-electron chi connectivity index (χ3n) is 11.2. The van der Waals surface area contributed by atoms with Crippen LogP contribution in [0, 0.1) is 36.3 Å². The van der Waals surface area contributed by atoms with Crippen LogP contribution in [0.25, 0.3) is 6.08 Å². The number of aliphatic hydroxyl groups is 1. The summed E-state index contributed by atoms with van der Waals surface area (Å²) in [5.74, 6) is 0.736. The molecule has 71 heavy (non-hydrogen) atoms. The van der Waals surface area contributed by atoms with Crippen LogP contribution in [0.2, 0.25) is 0 Å². The summed E-state index contributed by atoms with van der Waals surface area (Å²) in [4.78, 5) is 54.4. The van der Waals surface area contributed by atoms with Crippen molar-refractivity contribution < 1.29 is 38.8 Å². The van der Waals surface area contributed by atoms with Crippen LogP contribution in [0.5, 0.6) is 0 Å². The number of rotatable bonds is 11. The van der Waals surface area contributed by atoms with Gasteiger partial charge in [0.15, 0.2) is 0 Å². The van der Waals surface area contributed by atoms with Gasteiger partial charge in [0.25, 0.3) is 17.1 Å². The van der Waals surface area contributed by atoms with Gasteiger partial charge in [0.05, 0.1) is 108 Å². The minimum absolute atomic E-state index is 0.0223. The smallest absolute Gasteiger partial charge is 0.287 e. The van der Waals surface area contributed by atoms with Crippen LogP contribution in [0.4, 0.5) is 28.4 Å². The van der Waals surface area contributed by atoms with E-state index in [-0.39, 0.29) is 23.7 Å². The molecule has 0 atom stereocenters. The molecule has 5 aromatic heterocycles. The predicted octanol–water partition coefficient (Wildman–Crippen LogP) is 5.62. The largest absolute Gasteiger partial charge is 0.397 e. The molecule has 0 amide bonds. The first-order chi connectivity index (χ1) is 34.4. The minimum Gasteiger partial charge on any atom is -0.397 e. The molecule has 5 N–H and O–H groups in total. The maximum Gasteiger partial charge on any atom is 0.287 e. The quantitative estimate of drug-likeness (QED) is 0.107. The Morgan fingerprint density at radius 3 is 1.35 bits per heavy atom. The summed E-state index contributed by atoms with van der Waals surface area (Å²) in [7, 11) is 0.